The summed E-state index contributed by atoms with van der Waals surface area (Å²) in [5.74, 6) is 0. The molecular weight excluding hydrogens is 80.0 g/mol. The maximum atomic E-state index is 8.92. The van der Waals surface area contributed by atoms with Gasteiger partial charge in [0.15, 0.2) is 0 Å². The third-order valence-corrected chi connectivity index (χ3v) is 0.0745. The molecule has 1 N–H and O–H groups in total. The van der Waals surface area contributed by atoms with E-state index in [1.165, 1.54) is 0 Å². The number of hydrogen-bond acceptors (Lipinski definition) is 2. The van der Waals surface area contributed by atoms with Crippen LogP contribution in [0.25, 0.3) is 0 Å². The average Bonchev–Trinajstić information content (AvgIpc) is 1.72. The number of aliphatic hydroxyl groups excluding tert-OH is 1. The fourth-order valence-electron chi connectivity index (χ4n) is 0. The highest BCUT2D eigenvalue weighted by molar-refractivity contribution is 5.49. The van der Waals surface area contributed by atoms with Crippen molar-refractivity contribution in [1.82, 2.24) is 0 Å². The highest BCUT2D eigenvalue weighted by Crippen LogP contribution is 1.27. The van der Waals surface area contributed by atoms with Gasteiger partial charge >= 0.3 is 0 Å². The van der Waals surface area contributed by atoms with Gasteiger partial charge in [-0.15, -0.1) is 0 Å². The second-order valence-electron chi connectivity index (χ2n) is 0.349. The SMILES string of the molecule is CC.O=CCO. The monoisotopic (exact) mass is 90.1 g/mol. The summed E-state index contributed by atoms with van der Waals surface area (Å²) in [5.41, 5.74) is 0. The van der Waals surface area contributed by atoms with Crippen molar-refractivity contribution in [2.75, 3.05) is 6.61 Å². The Balaban J connectivity index is 0. The molecule has 0 aliphatic heterocycles. The lowest BCUT2D eigenvalue weighted by molar-refractivity contribution is -0.110. The summed E-state index contributed by atoms with van der Waals surface area (Å²) in [6.07, 6.45) is 0.431. The fourth-order valence-corrected chi connectivity index (χ4v) is 0. The normalized spacial score (nSPS) is 5.17. The maximum absolute atomic E-state index is 8.92. The molecule has 0 aromatic rings. The highest BCUT2D eigenvalue weighted by atomic mass is 16.3. The molecule has 0 heterocycles. The van der Waals surface area contributed by atoms with Gasteiger partial charge < -0.3 is 9.90 Å². The highest BCUT2D eigenvalue weighted by Gasteiger charge is 1.53. The van der Waals surface area contributed by atoms with Crippen molar-refractivity contribution in [2.45, 2.75) is 13.8 Å². The molecule has 0 unspecified atom stereocenters. The van der Waals surface area contributed by atoms with Crippen molar-refractivity contribution in [3.05, 3.63) is 0 Å². The number of hydrogen-bond donors (Lipinski definition) is 1. The number of aliphatic hydroxyl groups is 1. The molecular formula is C4H10O2. The molecule has 38 valence electrons. The van der Waals surface area contributed by atoms with Gasteiger partial charge in [-0.25, -0.2) is 0 Å². The molecule has 0 saturated carbocycles. The van der Waals surface area contributed by atoms with Crippen LogP contribution in [0, 0.1) is 0 Å². The lowest BCUT2D eigenvalue weighted by Crippen LogP contribution is -1.75. The van der Waals surface area contributed by atoms with Gasteiger partial charge in [0, 0.05) is 0 Å². The second kappa shape index (κ2) is 23.0. The van der Waals surface area contributed by atoms with Gasteiger partial charge in [-0.3, -0.25) is 0 Å². The van der Waals surface area contributed by atoms with Crippen LogP contribution >= 0.6 is 0 Å². The summed E-state index contributed by atoms with van der Waals surface area (Å²) in [4.78, 5) is 8.92. The zero-order valence-electron chi connectivity index (χ0n) is 4.14. The van der Waals surface area contributed by atoms with E-state index < -0.39 is 0 Å². The Morgan fingerprint density at radius 1 is 1.67 bits per heavy atom. The minimum atomic E-state index is -0.361. The fraction of sp³-hybridized carbons (Fsp3) is 0.750. The lowest BCUT2D eigenvalue weighted by Gasteiger charge is -1.54. The van der Waals surface area contributed by atoms with Crippen LogP contribution in [0.3, 0.4) is 0 Å². The molecule has 0 radical (unpaired) electrons. The molecule has 0 aliphatic carbocycles. The summed E-state index contributed by atoms with van der Waals surface area (Å²) >= 11 is 0. The molecule has 0 aromatic carbocycles. The first-order chi connectivity index (χ1) is 2.91. The van der Waals surface area contributed by atoms with Crippen molar-refractivity contribution < 1.29 is 9.90 Å². The molecule has 0 atom stereocenters. The first-order valence-corrected chi connectivity index (χ1v) is 1.96. The van der Waals surface area contributed by atoms with E-state index >= 15 is 0 Å². The van der Waals surface area contributed by atoms with E-state index in [1.807, 2.05) is 13.8 Å². The number of carbonyl (C=O) groups excluding carboxylic acids is 1. The van der Waals surface area contributed by atoms with E-state index in [9.17, 15) is 0 Å². The van der Waals surface area contributed by atoms with E-state index in [-0.39, 0.29) is 6.61 Å². The standard InChI is InChI=1S/C2H4O2.C2H6/c3-1-2-4;1-2/h1,4H,2H2;1-2H3. The smallest absolute Gasteiger partial charge is 0.145 e. The summed E-state index contributed by atoms with van der Waals surface area (Å²) in [7, 11) is 0. The third-order valence-electron chi connectivity index (χ3n) is 0.0745. The quantitative estimate of drug-likeness (QED) is 0.467. The van der Waals surface area contributed by atoms with Crippen molar-refractivity contribution in [1.29, 1.82) is 0 Å². The Hall–Kier alpha value is -0.370. The van der Waals surface area contributed by atoms with Crippen LogP contribution in [0.5, 0.6) is 0 Å². The maximum Gasteiger partial charge on any atom is 0.145 e. The van der Waals surface area contributed by atoms with Crippen molar-refractivity contribution in [3.8, 4) is 0 Å². The molecule has 0 bridgehead atoms. The predicted octanol–water partition coefficient (Wildman–Crippen LogP) is 0.204. The molecule has 0 spiro atoms. The molecule has 0 aliphatic rings. The van der Waals surface area contributed by atoms with Crippen LogP contribution < -0.4 is 0 Å². The third kappa shape index (κ3) is 63.3. The van der Waals surface area contributed by atoms with Crippen LogP contribution in [-0.2, 0) is 4.79 Å². The molecule has 2 heteroatoms. The zero-order chi connectivity index (χ0) is 5.41. The molecule has 0 fully saturated rings. The zero-order valence-corrected chi connectivity index (χ0v) is 4.14. The minimum Gasteiger partial charge on any atom is -0.389 e. The predicted molar refractivity (Wildman–Crippen MR) is 24.5 cm³/mol. The van der Waals surface area contributed by atoms with E-state index in [4.69, 9.17) is 9.90 Å². The Bertz CT molecular complexity index is 19.5. The molecule has 2 nitrogen and oxygen atoms in total. The van der Waals surface area contributed by atoms with Crippen LogP contribution in [0.1, 0.15) is 13.8 Å². The molecule has 0 rings (SSSR count). The molecule has 0 amide bonds. The Labute approximate surface area is 37.8 Å². The molecule has 0 aromatic heterocycles. The van der Waals surface area contributed by atoms with E-state index in [2.05, 4.69) is 0 Å². The first kappa shape index (κ1) is 9.16. The number of rotatable bonds is 1. The Morgan fingerprint density at radius 3 is 1.83 bits per heavy atom. The molecule has 0 saturated heterocycles. The number of carbonyl (C=O) groups is 1. The van der Waals surface area contributed by atoms with E-state index in [0.717, 1.165) is 0 Å². The second-order valence-corrected chi connectivity index (χ2v) is 0.349. The van der Waals surface area contributed by atoms with Gasteiger partial charge in [-0.1, -0.05) is 13.8 Å². The largest absolute Gasteiger partial charge is 0.389 e. The summed E-state index contributed by atoms with van der Waals surface area (Å²) in [5, 5.41) is 7.51. The van der Waals surface area contributed by atoms with Crippen molar-refractivity contribution in [3.63, 3.8) is 0 Å². The van der Waals surface area contributed by atoms with Gasteiger partial charge in [-0.2, -0.15) is 0 Å². The van der Waals surface area contributed by atoms with Gasteiger partial charge in [0.05, 0.1) is 6.61 Å². The number of aldehydes is 1. The van der Waals surface area contributed by atoms with Gasteiger partial charge in [-0.05, 0) is 0 Å². The van der Waals surface area contributed by atoms with Gasteiger partial charge in [0.25, 0.3) is 0 Å². The minimum absolute atomic E-state index is 0.361. The van der Waals surface area contributed by atoms with Crippen LogP contribution in [-0.4, -0.2) is 18.0 Å². The van der Waals surface area contributed by atoms with Gasteiger partial charge in [0.2, 0.25) is 0 Å². The van der Waals surface area contributed by atoms with Crippen LogP contribution in [0.4, 0.5) is 0 Å². The molecule has 6 heavy (non-hydrogen) atoms. The van der Waals surface area contributed by atoms with Gasteiger partial charge in [0.1, 0.15) is 6.29 Å². The first-order valence-electron chi connectivity index (χ1n) is 1.96. The topological polar surface area (TPSA) is 37.3 Å². The summed E-state index contributed by atoms with van der Waals surface area (Å²) in [6.45, 7) is 3.64. The Morgan fingerprint density at radius 2 is 1.83 bits per heavy atom. The summed E-state index contributed by atoms with van der Waals surface area (Å²) in [6, 6.07) is 0. The average molecular weight is 90.1 g/mol. The lowest BCUT2D eigenvalue weighted by atomic mass is 10.9. The Kier molecular flexibility index (Phi) is 35.1. The van der Waals surface area contributed by atoms with Crippen molar-refractivity contribution in [2.24, 2.45) is 0 Å². The summed E-state index contributed by atoms with van der Waals surface area (Å²) < 4.78 is 0. The van der Waals surface area contributed by atoms with E-state index in [1.54, 1.807) is 0 Å². The van der Waals surface area contributed by atoms with Crippen molar-refractivity contribution >= 4 is 6.29 Å². The van der Waals surface area contributed by atoms with E-state index in [0.29, 0.717) is 6.29 Å². The van der Waals surface area contributed by atoms with Crippen LogP contribution in [0.15, 0.2) is 0 Å². The van der Waals surface area contributed by atoms with Crippen LogP contribution in [0.2, 0.25) is 0 Å².